The Morgan fingerprint density at radius 2 is 1.45 bits per heavy atom. The number of carbonyl (C=O) groups excluding carboxylic acids is 2. The third-order valence-corrected chi connectivity index (χ3v) is 8.89. The Bertz CT molecular complexity index is 1630. The lowest BCUT2D eigenvalue weighted by molar-refractivity contribution is -0.140. The lowest BCUT2D eigenvalue weighted by Gasteiger charge is -2.34. The van der Waals surface area contributed by atoms with Crippen molar-refractivity contribution >= 4 is 27.5 Å². The maximum absolute atomic E-state index is 14.4. The fourth-order valence-electron chi connectivity index (χ4n) is 4.98. The van der Waals surface area contributed by atoms with E-state index in [2.05, 4.69) is 5.32 Å². The van der Waals surface area contributed by atoms with E-state index in [1.807, 2.05) is 75.4 Å². The Morgan fingerprint density at radius 1 is 0.818 bits per heavy atom. The van der Waals surface area contributed by atoms with Crippen LogP contribution in [0.2, 0.25) is 0 Å². The number of likely N-dealkylation sites (N-methyl/N-ethyl adjacent to an activating group) is 1. The van der Waals surface area contributed by atoms with Crippen LogP contribution in [0.25, 0.3) is 0 Å². The van der Waals surface area contributed by atoms with Gasteiger partial charge in [0.05, 0.1) is 17.2 Å². The molecule has 8 nitrogen and oxygen atoms in total. The first kappa shape index (κ1) is 32.3. The summed E-state index contributed by atoms with van der Waals surface area (Å²) in [5.41, 5.74) is 3.06. The molecule has 0 bridgehead atoms. The zero-order valence-corrected chi connectivity index (χ0v) is 26.2. The average Bonchev–Trinajstić information content (AvgIpc) is 3.03. The second kappa shape index (κ2) is 15.2. The molecular weight excluding hydrogens is 574 g/mol. The van der Waals surface area contributed by atoms with E-state index in [1.54, 1.807) is 42.5 Å². The van der Waals surface area contributed by atoms with Crippen molar-refractivity contribution < 1.29 is 22.7 Å². The van der Waals surface area contributed by atoms with E-state index in [-0.39, 0.29) is 23.8 Å². The highest BCUT2D eigenvalue weighted by Gasteiger charge is 2.34. The van der Waals surface area contributed by atoms with Gasteiger partial charge in [0.1, 0.15) is 18.3 Å². The number of para-hydroxylation sites is 1. The molecule has 0 fully saturated rings. The van der Waals surface area contributed by atoms with Gasteiger partial charge in [0.15, 0.2) is 0 Å². The highest BCUT2D eigenvalue weighted by molar-refractivity contribution is 7.92. The standard InChI is InChI=1S/C35H39N3O5S/c1-4-36-35(40)33(24-28-14-8-6-9-15-28)37(25-29-16-12-13-27(3)23-29)34(39)26-38(30-17-10-7-11-18-30)44(41,42)32-21-19-31(20-22-32)43-5-2/h6-23,33H,4-5,24-26H2,1-3H3,(H,36,40). The molecule has 44 heavy (non-hydrogen) atoms. The van der Waals surface area contributed by atoms with Crippen LogP contribution in [0, 0.1) is 6.92 Å². The van der Waals surface area contributed by atoms with E-state index in [0.29, 0.717) is 24.6 Å². The number of nitrogens with one attached hydrogen (secondary N) is 1. The second-order valence-electron chi connectivity index (χ2n) is 10.4. The zero-order valence-electron chi connectivity index (χ0n) is 25.3. The SMILES string of the molecule is CCNC(=O)C(Cc1ccccc1)N(Cc1cccc(C)c1)C(=O)CN(c1ccccc1)S(=O)(=O)c1ccc(OCC)cc1. The van der Waals surface area contributed by atoms with Gasteiger partial charge in [-0.05, 0) is 68.3 Å². The smallest absolute Gasteiger partial charge is 0.264 e. The second-order valence-corrected chi connectivity index (χ2v) is 12.2. The number of sulfonamides is 1. The third-order valence-electron chi connectivity index (χ3n) is 7.10. The Labute approximate surface area is 260 Å². The normalized spacial score (nSPS) is 11.8. The van der Waals surface area contributed by atoms with Crippen molar-refractivity contribution in [2.75, 3.05) is 24.0 Å². The molecule has 0 spiro atoms. The summed E-state index contributed by atoms with van der Waals surface area (Å²) in [6, 6.07) is 31.0. The molecule has 230 valence electrons. The van der Waals surface area contributed by atoms with Crippen molar-refractivity contribution in [2.45, 2.75) is 44.7 Å². The number of nitrogens with zero attached hydrogens (tertiary/aromatic N) is 2. The number of benzene rings is 4. The van der Waals surface area contributed by atoms with Crippen LogP contribution >= 0.6 is 0 Å². The molecule has 2 amide bonds. The lowest BCUT2D eigenvalue weighted by Crippen LogP contribution is -2.53. The predicted molar refractivity (Wildman–Crippen MR) is 173 cm³/mol. The number of hydrogen-bond donors (Lipinski definition) is 1. The molecule has 0 aliphatic heterocycles. The molecule has 4 rings (SSSR count). The van der Waals surface area contributed by atoms with Crippen molar-refractivity contribution in [2.24, 2.45) is 0 Å². The number of amides is 2. The molecule has 0 heterocycles. The van der Waals surface area contributed by atoms with E-state index in [1.165, 1.54) is 17.0 Å². The summed E-state index contributed by atoms with van der Waals surface area (Å²) >= 11 is 0. The van der Waals surface area contributed by atoms with Crippen LogP contribution in [-0.4, -0.2) is 50.9 Å². The van der Waals surface area contributed by atoms with Crippen LogP contribution in [0.1, 0.15) is 30.5 Å². The van der Waals surface area contributed by atoms with Gasteiger partial charge in [-0.2, -0.15) is 0 Å². The predicted octanol–water partition coefficient (Wildman–Crippen LogP) is 5.37. The first-order valence-corrected chi connectivity index (χ1v) is 16.1. The molecule has 1 N–H and O–H groups in total. The van der Waals surface area contributed by atoms with Crippen LogP contribution in [-0.2, 0) is 32.6 Å². The van der Waals surface area contributed by atoms with Crippen LogP contribution in [0.15, 0.2) is 114 Å². The third kappa shape index (κ3) is 8.26. The topological polar surface area (TPSA) is 96.0 Å². The Hall–Kier alpha value is -4.63. The molecule has 0 radical (unpaired) electrons. The molecule has 0 aliphatic carbocycles. The van der Waals surface area contributed by atoms with E-state index < -0.39 is 28.5 Å². The average molecular weight is 614 g/mol. The van der Waals surface area contributed by atoms with E-state index in [9.17, 15) is 18.0 Å². The summed E-state index contributed by atoms with van der Waals surface area (Å²) in [6.45, 7) is 6.09. The summed E-state index contributed by atoms with van der Waals surface area (Å²) < 4.78 is 34.8. The molecular formula is C35H39N3O5S. The molecule has 0 aliphatic rings. The maximum Gasteiger partial charge on any atom is 0.264 e. The molecule has 0 saturated heterocycles. The van der Waals surface area contributed by atoms with E-state index in [4.69, 9.17) is 4.74 Å². The van der Waals surface area contributed by atoms with Crippen molar-refractivity contribution in [1.82, 2.24) is 10.2 Å². The van der Waals surface area contributed by atoms with Crippen molar-refractivity contribution in [3.05, 3.63) is 126 Å². The number of ether oxygens (including phenoxy) is 1. The van der Waals surface area contributed by atoms with Crippen molar-refractivity contribution in [3.8, 4) is 5.75 Å². The number of carbonyl (C=O) groups is 2. The maximum atomic E-state index is 14.4. The Balaban J connectivity index is 1.76. The number of hydrogen-bond acceptors (Lipinski definition) is 5. The summed E-state index contributed by atoms with van der Waals surface area (Å²) in [6.07, 6.45) is 0.265. The largest absolute Gasteiger partial charge is 0.494 e. The molecule has 0 aromatic heterocycles. The van der Waals surface area contributed by atoms with E-state index >= 15 is 0 Å². The Kier molecular flexibility index (Phi) is 11.2. The quantitative estimate of drug-likeness (QED) is 0.207. The molecule has 1 unspecified atom stereocenters. The van der Waals surface area contributed by atoms with Crippen LogP contribution in [0.5, 0.6) is 5.75 Å². The van der Waals surface area contributed by atoms with Crippen molar-refractivity contribution in [1.29, 1.82) is 0 Å². The minimum absolute atomic E-state index is 0.0207. The molecule has 9 heteroatoms. The summed E-state index contributed by atoms with van der Waals surface area (Å²) in [4.78, 5) is 29.5. The van der Waals surface area contributed by atoms with Gasteiger partial charge in [-0.3, -0.25) is 13.9 Å². The fraction of sp³-hybridized carbons (Fsp3) is 0.257. The summed E-state index contributed by atoms with van der Waals surface area (Å²) in [7, 11) is -4.18. The zero-order chi connectivity index (χ0) is 31.5. The van der Waals surface area contributed by atoms with Gasteiger partial charge in [0, 0.05) is 19.5 Å². The van der Waals surface area contributed by atoms with Gasteiger partial charge in [0.2, 0.25) is 11.8 Å². The summed E-state index contributed by atoms with van der Waals surface area (Å²) in [5.74, 6) is -0.265. The highest BCUT2D eigenvalue weighted by Crippen LogP contribution is 2.26. The van der Waals surface area contributed by atoms with Crippen LogP contribution in [0.4, 0.5) is 5.69 Å². The first-order valence-electron chi connectivity index (χ1n) is 14.7. The van der Waals surface area contributed by atoms with Crippen LogP contribution in [0.3, 0.4) is 0 Å². The molecule has 0 saturated carbocycles. The fourth-order valence-corrected chi connectivity index (χ4v) is 6.39. The molecule has 4 aromatic carbocycles. The van der Waals surface area contributed by atoms with Crippen LogP contribution < -0.4 is 14.4 Å². The van der Waals surface area contributed by atoms with Gasteiger partial charge in [-0.15, -0.1) is 0 Å². The van der Waals surface area contributed by atoms with Gasteiger partial charge in [0.25, 0.3) is 10.0 Å². The monoisotopic (exact) mass is 613 g/mol. The van der Waals surface area contributed by atoms with Gasteiger partial charge in [-0.1, -0.05) is 78.4 Å². The van der Waals surface area contributed by atoms with Gasteiger partial charge < -0.3 is 15.0 Å². The highest BCUT2D eigenvalue weighted by atomic mass is 32.2. The number of rotatable bonds is 14. The number of aryl methyl sites for hydroxylation is 1. The Morgan fingerprint density at radius 3 is 2.07 bits per heavy atom. The number of anilines is 1. The lowest BCUT2D eigenvalue weighted by atomic mass is 10.0. The van der Waals surface area contributed by atoms with E-state index in [0.717, 1.165) is 21.0 Å². The van der Waals surface area contributed by atoms with Gasteiger partial charge >= 0.3 is 0 Å². The summed E-state index contributed by atoms with van der Waals surface area (Å²) in [5, 5.41) is 2.88. The van der Waals surface area contributed by atoms with Gasteiger partial charge in [-0.25, -0.2) is 8.42 Å². The van der Waals surface area contributed by atoms with Crippen molar-refractivity contribution in [3.63, 3.8) is 0 Å². The molecule has 1 atom stereocenters. The first-order chi connectivity index (χ1) is 21.2. The molecule has 4 aromatic rings. The minimum atomic E-state index is -4.18. The minimum Gasteiger partial charge on any atom is -0.494 e.